The summed E-state index contributed by atoms with van der Waals surface area (Å²) in [7, 11) is -3.73. The van der Waals surface area contributed by atoms with Gasteiger partial charge in [-0.25, -0.2) is 8.42 Å². The van der Waals surface area contributed by atoms with Gasteiger partial charge in [-0.2, -0.15) is 0 Å². The van der Waals surface area contributed by atoms with Gasteiger partial charge in [0.05, 0.1) is 26.7 Å². The van der Waals surface area contributed by atoms with Crippen LogP contribution in [0.25, 0.3) is 0 Å². The number of carbonyl (C=O) groups excluding carboxylic acids is 1. The Balaban J connectivity index is 2.49. The molecule has 1 aliphatic heterocycles. The number of rotatable bonds is 0. The molecule has 96 valence electrons. The maximum Gasteiger partial charge on any atom is 0.208 e. The maximum absolute atomic E-state index is 12.5. The van der Waals surface area contributed by atoms with Crippen molar-refractivity contribution in [1.29, 1.82) is 0 Å². The smallest absolute Gasteiger partial charge is 0.208 e. The van der Waals surface area contributed by atoms with Crippen molar-refractivity contribution in [3.05, 3.63) is 47.5 Å². The van der Waals surface area contributed by atoms with Gasteiger partial charge in [0.1, 0.15) is 0 Å². The monoisotopic (exact) mass is 274 g/mol. The van der Waals surface area contributed by atoms with E-state index < -0.39 is 15.6 Å². The van der Waals surface area contributed by atoms with Crippen molar-refractivity contribution < 1.29 is 13.2 Å². The molecule has 0 saturated heterocycles. The normalized spacial score (nSPS) is 15.7. The van der Waals surface area contributed by atoms with Crippen LogP contribution in [0.4, 0.5) is 11.4 Å². The fourth-order valence-electron chi connectivity index (χ4n) is 2.22. The third-order valence-corrected chi connectivity index (χ3v) is 5.03. The zero-order chi connectivity index (χ0) is 13.8. The summed E-state index contributed by atoms with van der Waals surface area (Å²) < 4.78 is 24.9. The molecule has 0 atom stereocenters. The molecule has 0 saturated carbocycles. The standard InChI is InChI=1S/C13H10N2O3S/c14-8-5-6-10-11(12(8)15)13(16)7-3-1-2-4-9(7)19(10,17)18/h1-6H,14-15H2. The Hall–Kier alpha value is -2.34. The minimum Gasteiger partial charge on any atom is -0.397 e. The first-order valence-electron chi connectivity index (χ1n) is 5.51. The van der Waals surface area contributed by atoms with Crippen LogP contribution >= 0.6 is 0 Å². The van der Waals surface area contributed by atoms with Crippen molar-refractivity contribution in [2.24, 2.45) is 0 Å². The van der Waals surface area contributed by atoms with Crippen LogP contribution in [0.1, 0.15) is 15.9 Å². The molecule has 0 aromatic heterocycles. The number of anilines is 2. The summed E-state index contributed by atoms with van der Waals surface area (Å²) in [6.07, 6.45) is 0. The van der Waals surface area contributed by atoms with Gasteiger partial charge in [0.25, 0.3) is 0 Å². The van der Waals surface area contributed by atoms with Crippen LogP contribution in [0.15, 0.2) is 46.2 Å². The Bertz CT molecular complexity index is 826. The number of nitrogens with two attached hydrogens (primary N) is 2. The second kappa shape index (κ2) is 3.58. The highest BCUT2D eigenvalue weighted by molar-refractivity contribution is 7.91. The van der Waals surface area contributed by atoms with Gasteiger partial charge in [0, 0.05) is 5.56 Å². The van der Waals surface area contributed by atoms with E-state index in [-0.39, 0.29) is 32.3 Å². The largest absolute Gasteiger partial charge is 0.397 e. The van der Waals surface area contributed by atoms with Crippen LogP contribution in [-0.4, -0.2) is 14.2 Å². The van der Waals surface area contributed by atoms with Crippen molar-refractivity contribution in [2.75, 3.05) is 11.5 Å². The number of sulfone groups is 1. The van der Waals surface area contributed by atoms with E-state index in [0.29, 0.717) is 0 Å². The Kier molecular flexibility index (Phi) is 2.21. The maximum atomic E-state index is 12.5. The molecule has 1 heterocycles. The lowest BCUT2D eigenvalue weighted by atomic mass is 10.00. The Morgan fingerprint density at radius 3 is 2.32 bits per heavy atom. The molecular weight excluding hydrogens is 264 g/mol. The molecule has 19 heavy (non-hydrogen) atoms. The molecule has 0 unspecified atom stereocenters. The number of carbonyl (C=O) groups is 1. The Morgan fingerprint density at radius 1 is 0.895 bits per heavy atom. The van der Waals surface area contributed by atoms with Crippen molar-refractivity contribution >= 4 is 27.0 Å². The number of fused-ring (bicyclic) bond motifs is 2. The second-order valence-corrected chi connectivity index (χ2v) is 6.16. The molecule has 2 aromatic carbocycles. The van der Waals surface area contributed by atoms with Gasteiger partial charge in [-0.1, -0.05) is 12.1 Å². The summed E-state index contributed by atoms with van der Waals surface area (Å²) in [4.78, 5) is 12.3. The van der Waals surface area contributed by atoms with Crippen LogP contribution in [0.2, 0.25) is 0 Å². The van der Waals surface area contributed by atoms with Crippen LogP contribution in [0, 0.1) is 0 Å². The first kappa shape index (κ1) is 11.7. The van der Waals surface area contributed by atoms with E-state index in [1.165, 1.54) is 24.3 Å². The first-order valence-corrected chi connectivity index (χ1v) is 6.99. The van der Waals surface area contributed by atoms with Crippen LogP contribution in [-0.2, 0) is 9.84 Å². The number of hydrogen-bond donors (Lipinski definition) is 2. The number of hydrogen-bond acceptors (Lipinski definition) is 5. The van der Waals surface area contributed by atoms with E-state index in [0.717, 1.165) is 0 Å². The third-order valence-electron chi connectivity index (χ3n) is 3.18. The van der Waals surface area contributed by atoms with Crippen LogP contribution in [0.3, 0.4) is 0 Å². The highest BCUT2D eigenvalue weighted by atomic mass is 32.2. The van der Waals surface area contributed by atoms with Gasteiger partial charge in [-0.3, -0.25) is 4.79 Å². The lowest BCUT2D eigenvalue weighted by Crippen LogP contribution is -2.22. The average Bonchev–Trinajstić information content (AvgIpc) is 2.39. The van der Waals surface area contributed by atoms with Gasteiger partial charge in [0.2, 0.25) is 9.84 Å². The second-order valence-electron chi connectivity index (χ2n) is 4.27. The molecule has 5 nitrogen and oxygen atoms in total. The average molecular weight is 274 g/mol. The molecule has 0 spiro atoms. The highest BCUT2D eigenvalue weighted by Crippen LogP contribution is 2.38. The summed E-state index contributed by atoms with van der Waals surface area (Å²) in [6.45, 7) is 0. The lowest BCUT2D eigenvalue weighted by molar-refractivity contribution is 0.103. The summed E-state index contributed by atoms with van der Waals surface area (Å²) in [5, 5.41) is 0. The van der Waals surface area contributed by atoms with Crippen molar-refractivity contribution in [1.82, 2.24) is 0 Å². The SMILES string of the molecule is Nc1ccc2c(c1N)C(=O)c1ccccc1S2(=O)=O. The molecule has 0 bridgehead atoms. The molecule has 4 N–H and O–H groups in total. The lowest BCUT2D eigenvalue weighted by Gasteiger charge is -2.20. The molecule has 0 radical (unpaired) electrons. The zero-order valence-electron chi connectivity index (χ0n) is 9.75. The molecule has 0 aliphatic carbocycles. The molecule has 6 heteroatoms. The van der Waals surface area contributed by atoms with Gasteiger partial charge < -0.3 is 11.5 Å². The molecular formula is C13H10N2O3S. The van der Waals surface area contributed by atoms with Gasteiger partial charge in [-0.15, -0.1) is 0 Å². The number of benzene rings is 2. The van der Waals surface area contributed by atoms with E-state index >= 15 is 0 Å². The van der Waals surface area contributed by atoms with E-state index in [9.17, 15) is 13.2 Å². The van der Waals surface area contributed by atoms with Crippen LogP contribution < -0.4 is 11.5 Å². The van der Waals surface area contributed by atoms with E-state index in [1.54, 1.807) is 12.1 Å². The number of nitrogen functional groups attached to an aromatic ring is 2. The minimum atomic E-state index is -3.73. The summed E-state index contributed by atoms with van der Waals surface area (Å²) in [5.74, 6) is -0.412. The Morgan fingerprint density at radius 2 is 1.58 bits per heavy atom. The molecule has 0 fully saturated rings. The van der Waals surface area contributed by atoms with Crippen molar-refractivity contribution in [3.63, 3.8) is 0 Å². The van der Waals surface area contributed by atoms with Gasteiger partial charge in [-0.05, 0) is 24.3 Å². The molecule has 3 rings (SSSR count). The minimum absolute atomic E-state index is 0.0108. The third kappa shape index (κ3) is 1.40. The molecule has 2 aromatic rings. The highest BCUT2D eigenvalue weighted by Gasteiger charge is 2.36. The van der Waals surface area contributed by atoms with Crippen molar-refractivity contribution in [2.45, 2.75) is 9.79 Å². The van der Waals surface area contributed by atoms with Crippen LogP contribution in [0.5, 0.6) is 0 Å². The summed E-state index contributed by atoms with van der Waals surface area (Å²) >= 11 is 0. The van der Waals surface area contributed by atoms with E-state index in [1.807, 2.05) is 0 Å². The fraction of sp³-hybridized carbons (Fsp3) is 0. The zero-order valence-corrected chi connectivity index (χ0v) is 10.6. The number of ketones is 1. The predicted octanol–water partition coefficient (Wildman–Crippen LogP) is 1.23. The predicted molar refractivity (Wildman–Crippen MR) is 70.6 cm³/mol. The molecule has 0 amide bonds. The van der Waals surface area contributed by atoms with Crippen molar-refractivity contribution in [3.8, 4) is 0 Å². The van der Waals surface area contributed by atoms with E-state index in [4.69, 9.17) is 11.5 Å². The van der Waals surface area contributed by atoms with Gasteiger partial charge in [0.15, 0.2) is 5.78 Å². The molecule has 1 aliphatic rings. The summed E-state index contributed by atoms with van der Waals surface area (Å²) in [5.41, 5.74) is 11.7. The Labute approximate surface area is 109 Å². The first-order chi connectivity index (χ1) is 8.94. The quantitative estimate of drug-likeness (QED) is 0.600. The topological polar surface area (TPSA) is 103 Å². The fourth-order valence-corrected chi connectivity index (χ4v) is 3.88. The summed E-state index contributed by atoms with van der Waals surface area (Å²) in [6, 6.07) is 8.80. The van der Waals surface area contributed by atoms with E-state index in [2.05, 4.69) is 0 Å². The van der Waals surface area contributed by atoms with Gasteiger partial charge >= 0.3 is 0 Å².